The summed E-state index contributed by atoms with van der Waals surface area (Å²) in [5, 5.41) is 10.7. The maximum Gasteiger partial charge on any atom is 0.00962 e. The minimum absolute atomic E-state index is 0.766. The first kappa shape index (κ1) is 5.22. The van der Waals surface area contributed by atoms with Gasteiger partial charge in [0.05, 0.1) is 0 Å². The van der Waals surface area contributed by atoms with Gasteiger partial charge >= 0.3 is 0 Å². The Morgan fingerprint density at radius 3 is 1.75 bits per heavy atom. The van der Waals surface area contributed by atoms with Crippen LogP contribution in [0.15, 0.2) is 12.1 Å². The maximum absolute atomic E-state index is 10.7. The third-order valence-corrected chi connectivity index (χ3v) is 1.21. The summed E-state index contributed by atoms with van der Waals surface area (Å²) in [5.74, 6) is 0. The Kier molecular flexibility index (Phi) is 1.01. The number of hydrogen-bond acceptors (Lipinski definition) is 1. The molecule has 0 aliphatic rings. The topological polar surface area (TPSA) is 28.0 Å². The van der Waals surface area contributed by atoms with Gasteiger partial charge in [0, 0.05) is 11.4 Å². The fraction of sp³-hybridized carbons (Fsp3) is 0.333. The quantitative estimate of drug-likeness (QED) is 0.496. The van der Waals surface area contributed by atoms with E-state index < -0.39 is 0 Å². The van der Waals surface area contributed by atoms with E-state index in [0.717, 1.165) is 16.1 Å². The summed E-state index contributed by atoms with van der Waals surface area (Å²) in [6.45, 7) is 3.58. The predicted molar refractivity (Wildman–Crippen MR) is 32.7 cm³/mol. The first-order valence-electron chi connectivity index (χ1n) is 2.54. The number of rotatable bonds is 0. The molecule has 44 valence electrons. The standard InChI is InChI=1S/C6H8NO/c1-5-3-4-6(2)7(5)8/h3-4H,1-2H3/q-1. The normalized spacial score (nSPS) is 9.75. The van der Waals surface area contributed by atoms with Crippen LogP contribution in [0.1, 0.15) is 11.4 Å². The highest BCUT2D eigenvalue weighted by molar-refractivity contribution is 5.14. The lowest BCUT2D eigenvalue weighted by Gasteiger charge is -2.10. The van der Waals surface area contributed by atoms with Crippen molar-refractivity contribution < 1.29 is 0 Å². The van der Waals surface area contributed by atoms with Crippen LogP contribution in [0.5, 0.6) is 0 Å². The van der Waals surface area contributed by atoms with Crippen LogP contribution in [0.3, 0.4) is 0 Å². The molecule has 0 atom stereocenters. The largest absolute Gasteiger partial charge is 0.806 e. The number of aryl methyl sites for hydroxylation is 2. The molecular formula is C6H8NO-. The Hall–Kier alpha value is -0.920. The molecule has 2 nitrogen and oxygen atoms in total. The van der Waals surface area contributed by atoms with E-state index in [0.29, 0.717) is 0 Å². The van der Waals surface area contributed by atoms with Crippen molar-refractivity contribution in [2.45, 2.75) is 13.8 Å². The lowest BCUT2D eigenvalue weighted by Crippen LogP contribution is -1.88. The molecule has 1 aromatic heterocycles. The van der Waals surface area contributed by atoms with E-state index in [1.807, 2.05) is 12.1 Å². The third kappa shape index (κ3) is 0.579. The molecule has 8 heavy (non-hydrogen) atoms. The van der Waals surface area contributed by atoms with Crippen molar-refractivity contribution in [2.75, 3.05) is 0 Å². The number of hydrogen-bond donors (Lipinski definition) is 0. The van der Waals surface area contributed by atoms with Gasteiger partial charge in [0.15, 0.2) is 0 Å². The molecule has 0 fully saturated rings. The zero-order valence-electron chi connectivity index (χ0n) is 5.01. The molecule has 1 rings (SSSR count). The lowest BCUT2D eigenvalue weighted by atomic mass is 10.5. The second kappa shape index (κ2) is 1.54. The van der Waals surface area contributed by atoms with Gasteiger partial charge in [-0.15, -0.1) is 0 Å². The predicted octanol–water partition coefficient (Wildman–Crippen LogP) is 1.45. The fourth-order valence-electron chi connectivity index (χ4n) is 0.655. The highest BCUT2D eigenvalue weighted by atomic mass is 16.5. The Morgan fingerprint density at radius 1 is 1.25 bits per heavy atom. The summed E-state index contributed by atoms with van der Waals surface area (Å²) in [6.07, 6.45) is 0. The van der Waals surface area contributed by atoms with E-state index in [1.54, 1.807) is 13.8 Å². The molecule has 2 heteroatoms. The third-order valence-electron chi connectivity index (χ3n) is 1.21. The van der Waals surface area contributed by atoms with Gasteiger partial charge < -0.3 is 9.94 Å². The zero-order chi connectivity index (χ0) is 6.15. The van der Waals surface area contributed by atoms with Crippen LogP contribution in [-0.2, 0) is 0 Å². The smallest absolute Gasteiger partial charge is 0.00962 e. The first-order chi connectivity index (χ1) is 3.72. The average molecular weight is 110 g/mol. The fourth-order valence-corrected chi connectivity index (χ4v) is 0.655. The molecule has 0 saturated heterocycles. The van der Waals surface area contributed by atoms with E-state index in [9.17, 15) is 5.21 Å². The highest BCUT2D eigenvalue weighted by Crippen LogP contribution is 2.02. The molecule has 0 spiro atoms. The Labute approximate surface area is 48.3 Å². The van der Waals surface area contributed by atoms with E-state index in [4.69, 9.17) is 0 Å². The van der Waals surface area contributed by atoms with Crippen LogP contribution in [0.25, 0.3) is 0 Å². The van der Waals surface area contributed by atoms with Crippen molar-refractivity contribution in [3.63, 3.8) is 0 Å². The summed E-state index contributed by atoms with van der Waals surface area (Å²) in [4.78, 5) is 0. The van der Waals surface area contributed by atoms with Crippen molar-refractivity contribution in [2.24, 2.45) is 0 Å². The lowest BCUT2D eigenvalue weighted by molar-refractivity contribution is 0.977. The van der Waals surface area contributed by atoms with Gasteiger partial charge in [-0.3, -0.25) is 0 Å². The van der Waals surface area contributed by atoms with Crippen molar-refractivity contribution in [1.82, 2.24) is 4.73 Å². The zero-order valence-corrected chi connectivity index (χ0v) is 5.01. The van der Waals surface area contributed by atoms with Crippen molar-refractivity contribution in [1.29, 1.82) is 0 Å². The van der Waals surface area contributed by atoms with Gasteiger partial charge in [-0.2, -0.15) is 0 Å². The molecule has 0 N–H and O–H groups in total. The molecule has 0 amide bonds. The summed E-state index contributed by atoms with van der Waals surface area (Å²) in [6, 6.07) is 3.62. The Morgan fingerprint density at radius 2 is 1.62 bits per heavy atom. The molecule has 0 saturated carbocycles. The van der Waals surface area contributed by atoms with Crippen LogP contribution >= 0.6 is 0 Å². The van der Waals surface area contributed by atoms with Crippen LogP contribution in [-0.4, -0.2) is 4.73 Å². The van der Waals surface area contributed by atoms with E-state index >= 15 is 0 Å². The minimum Gasteiger partial charge on any atom is -0.806 e. The monoisotopic (exact) mass is 110 g/mol. The Bertz CT molecular complexity index is 171. The van der Waals surface area contributed by atoms with Gasteiger partial charge in [0.25, 0.3) is 0 Å². The molecule has 0 radical (unpaired) electrons. The number of aromatic nitrogens is 1. The van der Waals surface area contributed by atoms with E-state index in [2.05, 4.69) is 0 Å². The summed E-state index contributed by atoms with van der Waals surface area (Å²) in [5.41, 5.74) is 1.53. The molecular weight excluding hydrogens is 102 g/mol. The van der Waals surface area contributed by atoms with Crippen LogP contribution in [0.2, 0.25) is 0 Å². The van der Waals surface area contributed by atoms with Crippen LogP contribution in [0, 0.1) is 19.1 Å². The minimum atomic E-state index is 0.766. The SMILES string of the molecule is Cc1ccc(C)n1[O-]. The average Bonchev–Trinajstić information content (AvgIpc) is 1.98. The van der Waals surface area contributed by atoms with Gasteiger partial charge in [0.2, 0.25) is 0 Å². The summed E-state index contributed by atoms with van der Waals surface area (Å²) in [7, 11) is 0. The van der Waals surface area contributed by atoms with Gasteiger partial charge in [-0.1, -0.05) is 0 Å². The molecule has 0 aliphatic heterocycles. The van der Waals surface area contributed by atoms with Crippen LogP contribution in [0.4, 0.5) is 0 Å². The van der Waals surface area contributed by atoms with E-state index in [1.165, 1.54) is 0 Å². The molecule has 1 aromatic rings. The van der Waals surface area contributed by atoms with Gasteiger partial charge in [-0.05, 0) is 26.0 Å². The highest BCUT2D eigenvalue weighted by Gasteiger charge is 1.87. The molecule has 0 aliphatic carbocycles. The molecule has 0 bridgehead atoms. The molecule has 0 aromatic carbocycles. The summed E-state index contributed by atoms with van der Waals surface area (Å²) < 4.78 is 0.917. The van der Waals surface area contributed by atoms with Crippen molar-refractivity contribution >= 4 is 0 Å². The van der Waals surface area contributed by atoms with Crippen molar-refractivity contribution in [3.8, 4) is 0 Å². The molecule has 1 heterocycles. The summed E-state index contributed by atoms with van der Waals surface area (Å²) >= 11 is 0. The molecule has 0 unspecified atom stereocenters. The van der Waals surface area contributed by atoms with Gasteiger partial charge in [-0.25, -0.2) is 0 Å². The Balaban J connectivity index is 3.19. The van der Waals surface area contributed by atoms with Crippen LogP contribution < -0.4 is 0 Å². The number of nitrogens with zero attached hydrogens (tertiary/aromatic N) is 1. The van der Waals surface area contributed by atoms with E-state index in [-0.39, 0.29) is 0 Å². The maximum atomic E-state index is 10.7. The first-order valence-corrected chi connectivity index (χ1v) is 2.54. The van der Waals surface area contributed by atoms with Gasteiger partial charge in [0.1, 0.15) is 0 Å². The second-order valence-electron chi connectivity index (χ2n) is 1.91. The second-order valence-corrected chi connectivity index (χ2v) is 1.91. The van der Waals surface area contributed by atoms with Crippen molar-refractivity contribution in [3.05, 3.63) is 28.7 Å².